The van der Waals surface area contributed by atoms with Crippen molar-refractivity contribution in [2.24, 2.45) is 0 Å². The van der Waals surface area contributed by atoms with Gasteiger partial charge in [0.15, 0.2) is 12.6 Å². The Hall–Kier alpha value is -1.67. The molecule has 1 aromatic carbocycles. The maximum Gasteiger partial charge on any atom is 0.328 e. The van der Waals surface area contributed by atoms with Crippen LogP contribution in [0.1, 0.15) is 6.92 Å². The van der Waals surface area contributed by atoms with Crippen molar-refractivity contribution in [2.45, 2.75) is 19.1 Å². The summed E-state index contributed by atoms with van der Waals surface area (Å²) in [6.07, 6.45) is -1.24. The molecule has 8 heteroatoms. The highest BCUT2D eigenvalue weighted by Crippen LogP contribution is 2.25. The van der Waals surface area contributed by atoms with E-state index in [9.17, 15) is 19.1 Å². The maximum absolute atomic E-state index is 12.8. The van der Waals surface area contributed by atoms with Gasteiger partial charge in [0.1, 0.15) is 11.6 Å². The third-order valence-corrected chi connectivity index (χ3v) is 2.94. The number of halogens is 2. The van der Waals surface area contributed by atoms with Crippen molar-refractivity contribution in [3.05, 3.63) is 28.5 Å². The number of aliphatic hydroxyl groups is 1. The first-order valence-corrected chi connectivity index (χ1v) is 6.38. The maximum atomic E-state index is 12.8. The molecule has 6 nitrogen and oxygen atoms in total. The lowest BCUT2D eigenvalue weighted by Crippen LogP contribution is -2.49. The number of aliphatic hydroxyl groups excluding tert-OH is 1. The Labute approximate surface area is 122 Å². The number of rotatable bonds is 6. The van der Waals surface area contributed by atoms with Crippen LogP contribution < -0.4 is 10.1 Å². The van der Waals surface area contributed by atoms with Crippen LogP contribution in [0.3, 0.4) is 0 Å². The van der Waals surface area contributed by atoms with Crippen molar-refractivity contribution in [3.8, 4) is 5.75 Å². The molecule has 0 radical (unpaired) electrons. The molecule has 1 rings (SSSR count). The lowest BCUT2D eigenvalue weighted by atomic mass is 10.2. The van der Waals surface area contributed by atoms with Gasteiger partial charge in [0.2, 0.25) is 0 Å². The molecule has 3 N–H and O–H groups in total. The van der Waals surface area contributed by atoms with E-state index in [1.165, 1.54) is 19.1 Å². The molecular formula is C12H13BrFNO5. The third kappa shape index (κ3) is 4.78. The average Bonchev–Trinajstić information content (AvgIpc) is 2.34. The van der Waals surface area contributed by atoms with E-state index in [2.05, 4.69) is 21.2 Å². The van der Waals surface area contributed by atoms with Gasteiger partial charge in [-0.1, -0.05) is 0 Å². The van der Waals surface area contributed by atoms with Crippen LogP contribution in [0.4, 0.5) is 4.39 Å². The Kier molecular flexibility index (Phi) is 5.90. The van der Waals surface area contributed by atoms with Crippen molar-refractivity contribution in [2.75, 3.05) is 6.61 Å². The zero-order chi connectivity index (χ0) is 15.3. The summed E-state index contributed by atoms with van der Waals surface area (Å²) in [6, 6.07) is 2.25. The summed E-state index contributed by atoms with van der Waals surface area (Å²) in [4.78, 5) is 22.3. The summed E-state index contributed by atoms with van der Waals surface area (Å²) in [7, 11) is 0. The van der Waals surface area contributed by atoms with E-state index in [4.69, 9.17) is 9.84 Å². The summed E-state index contributed by atoms with van der Waals surface area (Å²) in [5.41, 5.74) is 0. The van der Waals surface area contributed by atoms with Crippen LogP contribution in [0.15, 0.2) is 22.7 Å². The molecule has 0 aliphatic heterocycles. The van der Waals surface area contributed by atoms with E-state index >= 15 is 0 Å². The number of carbonyl (C=O) groups excluding carboxylic acids is 1. The summed E-state index contributed by atoms with van der Waals surface area (Å²) in [5, 5.41) is 20.1. The highest BCUT2D eigenvalue weighted by Gasteiger charge is 2.25. The zero-order valence-corrected chi connectivity index (χ0v) is 12.1. The van der Waals surface area contributed by atoms with Gasteiger partial charge in [0.05, 0.1) is 10.6 Å². The van der Waals surface area contributed by atoms with Crippen molar-refractivity contribution in [3.63, 3.8) is 0 Å². The Balaban J connectivity index is 2.57. The van der Waals surface area contributed by atoms with Crippen LogP contribution in [-0.4, -0.2) is 40.8 Å². The number of carbonyl (C=O) groups is 2. The molecule has 0 saturated heterocycles. The smallest absolute Gasteiger partial charge is 0.328 e. The average molecular weight is 350 g/mol. The number of benzene rings is 1. The summed E-state index contributed by atoms with van der Waals surface area (Å²) >= 11 is 3.06. The first-order chi connectivity index (χ1) is 9.31. The highest BCUT2D eigenvalue weighted by atomic mass is 79.9. The second-order valence-electron chi connectivity index (χ2n) is 3.99. The highest BCUT2D eigenvalue weighted by molar-refractivity contribution is 9.10. The topological polar surface area (TPSA) is 95.9 Å². The Morgan fingerprint density at radius 3 is 2.65 bits per heavy atom. The minimum Gasteiger partial charge on any atom is -0.483 e. The predicted octanol–water partition coefficient (Wildman–Crippen LogP) is 0.917. The van der Waals surface area contributed by atoms with E-state index in [-0.39, 0.29) is 5.75 Å². The van der Waals surface area contributed by atoms with Gasteiger partial charge in [-0.05, 0) is 41.1 Å². The quantitative estimate of drug-likeness (QED) is 0.709. The minimum absolute atomic E-state index is 0.241. The molecule has 0 saturated carbocycles. The fourth-order valence-corrected chi connectivity index (χ4v) is 1.80. The monoisotopic (exact) mass is 349 g/mol. The van der Waals surface area contributed by atoms with E-state index in [0.717, 1.165) is 6.07 Å². The fraction of sp³-hybridized carbons (Fsp3) is 0.333. The first-order valence-electron chi connectivity index (χ1n) is 5.59. The molecule has 0 aliphatic carbocycles. The number of carboxylic acid groups (broad SMARTS) is 1. The standard InChI is InChI=1S/C12H13BrFNO5/c1-6(16)11(12(18)19)15-10(17)5-20-9-3-2-7(14)4-8(9)13/h2-4,6,11,16H,5H2,1H3,(H,15,17)(H,18,19). The Morgan fingerprint density at radius 2 is 2.15 bits per heavy atom. The van der Waals surface area contributed by atoms with Crippen molar-refractivity contribution < 1.29 is 28.9 Å². The van der Waals surface area contributed by atoms with Crippen LogP contribution in [0.2, 0.25) is 0 Å². The SMILES string of the molecule is CC(O)C(NC(=O)COc1ccc(F)cc1Br)C(=O)O. The van der Waals surface area contributed by atoms with E-state index in [1.54, 1.807) is 0 Å². The molecule has 110 valence electrons. The normalized spacial score (nSPS) is 13.4. The van der Waals surface area contributed by atoms with Gasteiger partial charge in [0, 0.05) is 0 Å². The molecular weight excluding hydrogens is 337 g/mol. The molecule has 1 aromatic rings. The van der Waals surface area contributed by atoms with Crippen molar-refractivity contribution in [1.82, 2.24) is 5.32 Å². The number of ether oxygens (including phenoxy) is 1. The number of hydrogen-bond donors (Lipinski definition) is 3. The van der Waals surface area contributed by atoms with Gasteiger partial charge < -0.3 is 20.3 Å². The van der Waals surface area contributed by atoms with Crippen LogP contribution in [0.25, 0.3) is 0 Å². The predicted molar refractivity (Wildman–Crippen MR) is 70.8 cm³/mol. The van der Waals surface area contributed by atoms with E-state index in [0.29, 0.717) is 4.47 Å². The Morgan fingerprint density at radius 1 is 1.50 bits per heavy atom. The number of aliphatic carboxylic acids is 1. The zero-order valence-electron chi connectivity index (χ0n) is 10.5. The molecule has 20 heavy (non-hydrogen) atoms. The number of amides is 1. The van der Waals surface area contributed by atoms with Gasteiger partial charge in [-0.15, -0.1) is 0 Å². The molecule has 0 bridgehead atoms. The van der Waals surface area contributed by atoms with Crippen LogP contribution in [0.5, 0.6) is 5.75 Å². The van der Waals surface area contributed by atoms with Gasteiger partial charge in [-0.25, -0.2) is 9.18 Å². The van der Waals surface area contributed by atoms with Gasteiger partial charge in [-0.2, -0.15) is 0 Å². The molecule has 0 fully saturated rings. The van der Waals surface area contributed by atoms with Crippen molar-refractivity contribution >= 4 is 27.8 Å². The molecule has 0 aliphatic rings. The van der Waals surface area contributed by atoms with Gasteiger partial charge in [0.25, 0.3) is 5.91 Å². The molecule has 2 unspecified atom stereocenters. The van der Waals surface area contributed by atoms with Crippen LogP contribution >= 0.6 is 15.9 Å². The molecule has 0 heterocycles. The van der Waals surface area contributed by atoms with Crippen molar-refractivity contribution in [1.29, 1.82) is 0 Å². The van der Waals surface area contributed by atoms with E-state index < -0.39 is 36.4 Å². The lowest BCUT2D eigenvalue weighted by Gasteiger charge is -2.17. The molecule has 1 amide bonds. The largest absolute Gasteiger partial charge is 0.483 e. The number of carboxylic acids is 1. The second-order valence-corrected chi connectivity index (χ2v) is 4.84. The first kappa shape index (κ1) is 16.4. The van der Waals surface area contributed by atoms with E-state index in [1.807, 2.05) is 0 Å². The molecule has 0 spiro atoms. The third-order valence-electron chi connectivity index (χ3n) is 2.32. The fourth-order valence-electron chi connectivity index (χ4n) is 1.34. The van der Waals surface area contributed by atoms with Gasteiger partial charge >= 0.3 is 5.97 Å². The summed E-state index contributed by atoms with van der Waals surface area (Å²) in [5.74, 6) is -2.29. The van der Waals surface area contributed by atoms with Crippen LogP contribution in [0, 0.1) is 5.82 Å². The minimum atomic E-state index is -1.41. The summed E-state index contributed by atoms with van der Waals surface area (Å²) < 4.78 is 18.3. The lowest BCUT2D eigenvalue weighted by molar-refractivity contribution is -0.145. The number of hydrogen-bond acceptors (Lipinski definition) is 4. The molecule has 0 aromatic heterocycles. The summed E-state index contributed by atoms with van der Waals surface area (Å²) in [6.45, 7) is 0.789. The second kappa shape index (κ2) is 7.20. The number of nitrogens with one attached hydrogen (secondary N) is 1. The van der Waals surface area contributed by atoms with Crippen LogP contribution in [-0.2, 0) is 9.59 Å². The van der Waals surface area contributed by atoms with Gasteiger partial charge in [-0.3, -0.25) is 4.79 Å². The molecule has 2 atom stereocenters. The Bertz CT molecular complexity index is 509.